The van der Waals surface area contributed by atoms with E-state index >= 15 is 0 Å². The van der Waals surface area contributed by atoms with Crippen molar-refractivity contribution in [2.24, 2.45) is 0 Å². The number of aliphatic hydroxyl groups is 1. The molecule has 0 aliphatic carbocycles. The molecule has 0 aliphatic heterocycles. The van der Waals surface area contributed by atoms with Crippen molar-refractivity contribution in [3.05, 3.63) is 0 Å². The Morgan fingerprint density at radius 3 is 1.29 bits per heavy atom. The second-order valence-corrected chi connectivity index (χ2v) is 2.24. The second-order valence-electron chi connectivity index (χ2n) is 0.379. The van der Waals surface area contributed by atoms with Crippen molar-refractivity contribution >= 4 is 46.4 Å². The van der Waals surface area contributed by atoms with Gasteiger partial charge in [0.25, 0.3) is 0 Å². The molecule has 0 aromatic heterocycles. The van der Waals surface area contributed by atoms with E-state index in [1.54, 1.807) is 0 Å². The summed E-state index contributed by atoms with van der Waals surface area (Å²) in [4.78, 5) is 0. The molecule has 0 unspecified atom stereocenters. The average molecular weight is 186 g/mol. The highest BCUT2D eigenvalue weighted by Crippen LogP contribution is 1.90. The van der Waals surface area contributed by atoms with Gasteiger partial charge in [0, 0.05) is 0 Å². The largest absolute Gasteiger partial charge is 0.365 e. The van der Waals surface area contributed by atoms with Crippen LogP contribution in [-0.4, -0.2) is 15.5 Å². The molecule has 0 aromatic carbocycles. The fourth-order valence-corrected chi connectivity index (χ4v) is 0. The number of aliphatic hydroxyl groups excluding tert-OH is 1. The lowest BCUT2D eigenvalue weighted by molar-refractivity contribution is 0.333. The third-order valence-corrected chi connectivity index (χ3v) is 0. The normalized spacial score (nSPS) is 7.71. The van der Waals surface area contributed by atoms with E-state index in [2.05, 4.69) is 23.2 Å². The Morgan fingerprint density at radius 2 is 1.29 bits per heavy atom. The molecule has 0 saturated carbocycles. The molecule has 0 atom stereocenters. The molecular formula is C2H4Cl4O. The third-order valence-electron chi connectivity index (χ3n) is 0. The van der Waals surface area contributed by atoms with Crippen molar-refractivity contribution in [3.8, 4) is 0 Å². The second kappa shape index (κ2) is 10.2. The summed E-state index contributed by atoms with van der Waals surface area (Å²) < 4.78 is 0. The maximum Gasteiger partial charge on any atom is 0.204 e. The summed E-state index contributed by atoms with van der Waals surface area (Å²) in [7, 11) is 0. The van der Waals surface area contributed by atoms with Crippen LogP contribution in [0.3, 0.4) is 0 Å². The summed E-state index contributed by atoms with van der Waals surface area (Å²) in [6.07, 6.45) is 0. The molecule has 0 fully saturated rings. The SMILES string of the molecule is ClCCl.OC(Cl)Cl. The minimum Gasteiger partial charge on any atom is -0.365 e. The van der Waals surface area contributed by atoms with Gasteiger partial charge < -0.3 is 5.11 Å². The van der Waals surface area contributed by atoms with Crippen LogP contribution >= 0.6 is 46.4 Å². The molecular weight excluding hydrogens is 182 g/mol. The molecule has 0 aromatic rings. The standard InChI is InChI=1S/CH2Cl2O.CH2Cl2/c2-1(3)4;2-1-3/h1,4H;1H2. The molecule has 0 aliphatic rings. The van der Waals surface area contributed by atoms with Crippen LogP contribution in [0.25, 0.3) is 0 Å². The molecule has 0 radical (unpaired) electrons. The van der Waals surface area contributed by atoms with Crippen molar-refractivity contribution in [1.82, 2.24) is 0 Å². The van der Waals surface area contributed by atoms with Gasteiger partial charge in [-0.3, -0.25) is 0 Å². The number of hydrogen-bond acceptors (Lipinski definition) is 1. The van der Waals surface area contributed by atoms with Crippen LogP contribution in [0.5, 0.6) is 0 Å². The van der Waals surface area contributed by atoms with E-state index in [1.165, 1.54) is 0 Å². The van der Waals surface area contributed by atoms with Crippen molar-refractivity contribution in [2.75, 3.05) is 5.34 Å². The lowest BCUT2D eigenvalue weighted by atomic mass is 11.7. The minimum atomic E-state index is -1.22. The first-order chi connectivity index (χ1) is 3.15. The van der Waals surface area contributed by atoms with Crippen LogP contribution in [0.2, 0.25) is 0 Å². The highest BCUT2D eigenvalue weighted by atomic mass is 35.5. The first-order valence-corrected chi connectivity index (χ1v) is 3.17. The van der Waals surface area contributed by atoms with Crippen molar-refractivity contribution in [2.45, 2.75) is 5.02 Å². The van der Waals surface area contributed by atoms with Crippen molar-refractivity contribution < 1.29 is 5.11 Å². The molecule has 46 valence electrons. The van der Waals surface area contributed by atoms with Crippen LogP contribution in [0.4, 0.5) is 0 Å². The lowest BCUT2D eigenvalue weighted by Crippen LogP contribution is -1.73. The smallest absolute Gasteiger partial charge is 0.204 e. The number of rotatable bonds is 0. The molecule has 0 bridgehead atoms. The van der Waals surface area contributed by atoms with E-state index in [0.717, 1.165) is 0 Å². The van der Waals surface area contributed by atoms with Gasteiger partial charge in [0.1, 0.15) is 0 Å². The van der Waals surface area contributed by atoms with Crippen molar-refractivity contribution in [3.63, 3.8) is 0 Å². The van der Waals surface area contributed by atoms with Crippen LogP contribution in [0.1, 0.15) is 0 Å². The Hall–Kier alpha value is 1.12. The maximum atomic E-state index is 7.59. The van der Waals surface area contributed by atoms with Crippen LogP contribution in [0, 0.1) is 0 Å². The zero-order chi connectivity index (χ0) is 6.28. The van der Waals surface area contributed by atoms with E-state index in [-0.39, 0.29) is 5.34 Å². The van der Waals surface area contributed by atoms with Gasteiger partial charge in [0.15, 0.2) is 0 Å². The Morgan fingerprint density at radius 1 is 1.29 bits per heavy atom. The number of hydrogen-bond donors (Lipinski definition) is 1. The first kappa shape index (κ1) is 11.0. The number of halogens is 4. The van der Waals surface area contributed by atoms with E-state index in [4.69, 9.17) is 28.3 Å². The van der Waals surface area contributed by atoms with E-state index in [0.29, 0.717) is 0 Å². The van der Waals surface area contributed by atoms with Gasteiger partial charge in [-0.05, 0) is 0 Å². The van der Waals surface area contributed by atoms with Gasteiger partial charge in [-0.2, -0.15) is 0 Å². The fourth-order valence-electron chi connectivity index (χ4n) is 0. The van der Waals surface area contributed by atoms with E-state index in [1.807, 2.05) is 0 Å². The summed E-state index contributed by atoms with van der Waals surface area (Å²) in [6.45, 7) is 0. The summed E-state index contributed by atoms with van der Waals surface area (Å²) in [5.41, 5.74) is 0. The van der Waals surface area contributed by atoms with Gasteiger partial charge >= 0.3 is 0 Å². The monoisotopic (exact) mass is 184 g/mol. The van der Waals surface area contributed by atoms with E-state index in [9.17, 15) is 0 Å². The summed E-state index contributed by atoms with van der Waals surface area (Å²) in [5.74, 6) is 0. The van der Waals surface area contributed by atoms with Gasteiger partial charge in [-0.25, -0.2) is 0 Å². The Bertz CT molecular complexity index is 20.9. The fraction of sp³-hybridized carbons (Fsp3) is 1.00. The maximum absolute atomic E-state index is 7.59. The van der Waals surface area contributed by atoms with Gasteiger partial charge in [0.2, 0.25) is 5.02 Å². The topological polar surface area (TPSA) is 20.2 Å². The molecule has 5 heteroatoms. The zero-order valence-electron chi connectivity index (χ0n) is 3.24. The molecule has 0 heterocycles. The van der Waals surface area contributed by atoms with Crippen LogP contribution < -0.4 is 0 Å². The van der Waals surface area contributed by atoms with Crippen LogP contribution in [0.15, 0.2) is 0 Å². The Balaban J connectivity index is 0. The van der Waals surface area contributed by atoms with Crippen LogP contribution in [-0.2, 0) is 0 Å². The quantitative estimate of drug-likeness (QED) is 0.574. The summed E-state index contributed by atoms with van der Waals surface area (Å²) in [6, 6.07) is 0. The summed E-state index contributed by atoms with van der Waals surface area (Å²) in [5, 5.41) is 6.56. The Labute approximate surface area is 62.1 Å². The molecule has 7 heavy (non-hydrogen) atoms. The number of alkyl halides is 4. The molecule has 0 rings (SSSR count). The first-order valence-electron chi connectivity index (χ1n) is 1.23. The molecule has 1 N–H and O–H groups in total. The average Bonchev–Trinajstić information content (AvgIpc) is 1.33. The Kier molecular flexibility index (Phi) is 16.0. The summed E-state index contributed by atoms with van der Waals surface area (Å²) >= 11 is 18.7. The molecule has 1 nitrogen and oxygen atoms in total. The van der Waals surface area contributed by atoms with Crippen molar-refractivity contribution in [1.29, 1.82) is 0 Å². The minimum absolute atomic E-state index is 0.194. The van der Waals surface area contributed by atoms with Gasteiger partial charge in [0.05, 0.1) is 5.34 Å². The van der Waals surface area contributed by atoms with Gasteiger partial charge in [-0.1, -0.05) is 23.2 Å². The zero-order valence-corrected chi connectivity index (χ0v) is 6.27. The molecule has 0 amide bonds. The lowest BCUT2D eigenvalue weighted by Gasteiger charge is -1.73. The predicted molar refractivity (Wildman–Crippen MR) is 34.3 cm³/mol. The molecule has 0 saturated heterocycles. The third kappa shape index (κ3) is 149. The van der Waals surface area contributed by atoms with Gasteiger partial charge in [-0.15, -0.1) is 23.2 Å². The highest BCUT2D eigenvalue weighted by Gasteiger charge is 1.76. The van der Waals surface area contributed by atoms with E-state index < -0.39 is 5.02 Å². The molecule has 0 spiro atoms. The highest BCUT2D eigenvalue weighted by molar-refractivity contribution is 6.42. The predicted octanol–water partition coefficient (Wildman–Crippen LogP) is 2.16.